The van der Waals surface area contributed by atoms with Crippen LogP contribution >= 0.6 is 0 Å². The van der Waals surface area contributed by atoms with E-state index in [2.05, 4.69) is 13.5 Å². The van der Waals surface area contributed by atoms with Crippen LogP contribution in [0.15, 0.2) is 12.8 Å². The smallest absolute Gasteiger partial charge is 0.0926 e. The largest absolute Gasteiger partial charge is 0.501 e. The summed E-state index contributed by atoms with van der Waals surface area (Å²) in [5.74, 6) is 0.568. The number of epoxide rings is 1. The summed E-state index contributed by atoms with van der Waals surface area (Å²) in [6.07, 6.45) is 3.08. The van der Waals surface area contributed by atoms with Crippen molar-refractivity contribution < 1.29 is 9.47 Å². The molecule has 10 heavy (non-hydrogen) atoms. The molecule has 1 aliphatic heterocycles. The molecule has 0 bridgehead atoms. The van der Waals surface area contributed by atoms with Crippen molar-refractivity contribution in [2.75, 3.05) is 13.2 Å². The van der Waals surface area contributed by atoms with Gasteiger partial charge in [-0.15, -0.1) is 0 Å². The molecule has 2 atom stereocenters. The van der Waals surface area contributed by atoms with Crippen LogP contribution in [0.1, 0.15) is 13.3 Å². The standard InChI is InChI=1S/C8H14O2/c1-3-7(5-9-4-2)8-6-10-8/h4,7-8H,2-3,5-6H2,1H3. The average Bonchev–Trinajstić information content (AvgIpc) is 2.73. The Balaban J connectivity index is 2.12. The van der Waals surface area contributed by atoms with Gasteiger partial charge in [-0.05, 0) is 6.42 Å². The quantitative estimate of drug-likeness (QED) is 0.429. The van der Waals surface area contributed by atoms with E-state index in [1.807, 2.05) is 0 Å². The van der Waals surface area contributed by atoms with Crippen molar-refractivity contribution in [3.8, 4) is 0 Å². The Labute approximate surface area is 61.8 Å². The van der Waals surface area contributed by atoms with E-state index in [1.165, 1.54) is 6.26 Å². The fourth-order valence-corrected chi connectivity index (χ4v) is 1.01. The maximum absolute atomic E-state index is 5.14. The maximum Gasteiger partial charge on any atom is 0.0926 e. The van der Waals surface area contributed by atoms with Crippen LogP contribution in [0.5, 0.6) is 0 Å². The Kier molecular flexibility index (Phi) is 2.75. The second-order valence-electron chi connectivity index (χ2n) is 2.54. The summed E-state index contributed by atoms with van der Waals surface area (Å²) in [7, 11) is 0. The second-order valence-corrected chi connectivity index (χ2v) is 2.54. The molecule has 1 saturated heterocycles. The minimum atomic E-state index is 0.463. The predicted molar refractivity (Wildman–Crippen MR) is 39.7 cm³/mol. The molecule has 1 rings (SSSR count). The van der Waals surface area contributed by atoms with Crippen molar-refractivity contribution in [1.82, 2.24) is 0 Å². The first-order valence-electron chi connectivity index (χ1n) is 3.72. The van der Waals surface area contributed by atoms with Gasteiger partial charge in [0.15, 0.2) is 0 Å². The topological polar surface area (TPSA) is 21.8 Å². The lowest BCUT2D eigenvalue weighted by Crippen LogP contribution is -2.12. The van der Waals surface area contributed by atoms with Crippen molar-refractivity contribution in [1.29, 1.82) is 0 Å². The van der Waals surface area contributed by atoms with Crippen LogP contribution in [0.2, 0.25) is 0 Å². The molecule has 0 aromatic heterocycles. The van der Waals surface area contributed by atoms with Gasteiger partial charge in [-0.25, -0.2) is 0 Å². The summed E-state index contributed by atoms with van der Waals surface area (Å²) < 4.78 is 10.2. The van der Waals surface area contributed by atoms with Gasteiger partial charge in [0.05, 0.1) is 25.6 Å². The van der Waals surface area contributed by atoms with Crippen LogP contribution < -0.4 is 0 Å². The number of hydrogen-bond acceptors (Lipinski definition) is 2. The zero-order valence-electron chi connectivity index (χ0n) is 6.38. The molecule has 1 heterocycles. The van der Waals surface area contributed by atoms with Crippen LogP contribution in [0.25, 0.3) is 0 Å². The van der Waals surface area contributed by atoms with Gasteiger partial charge in [-0.2, -0.15) is 0 Å². The lowest BCUT2D eigenvalue weighted by molar-refractivity contribution is 0.166. The predicted octanol–water partition coefficient (Wildman–Crippen LogP) is 1.57. The van der Waals surface area contributed by atoms with E-state index < -0.39 is 0 Å². The van der Waals surface area contributed by atoms with Crippen LogP contribution in [0.4, 0.5) is 0 Å². The second kappa shape index (κ2) is 3.62. The highest BCUT2D eigenvalue weighted by atomic mass is 16.6. The van der Waals surface area contributed by atoms with Gasteiger partial charge >= 0.3 is 0 Å². The van der Waals surface area contributed by atoms with Gasteiger partial charge in [-0.1, -0.05) is 13.5 Å². The fourth-order valence-electron chi connectivity index (χ4n) is 1.01. The van der Waals surface area contributed by atoms with Crippen molar-refractivity contribution in [3.63, 3.8) is 0 Å². The van der Waals surface area contributed by atoms with Gasteiger partial charge in [0.2, 0.25) is 0 Å². The first-order valence-corrected chi connectivity index (χ1v) is 3.72. The molecule has 2 nitrogen and oxygen atoms in total. The molecule has 0 radical (unpaired) electrons. The van der Waals surface area contributed by atoms with Crippen molar-refractivity contribution in [2.45, 2.75) is 19.4 Å². The molecule has 58 valence electrons. The molecule has 2 heteroatoms. The number of rotatable bonds is 5. The SMILES string of the molecule is C=COCC(CC)C1CO1. The summed E-state index contributed by atoms with van der Waals surface area (Å²) in [6, 6.07) is 0. The summed E-state index contributed by atoms with van der Waals surface area (Å²) in [4.78, 5) is 0. The monoisotopic (exact) mass is 142 g/mol. The van der Waals surface area contributed by atoms with Gasteiger partial charge in [0, 0.05) is 5.92 Å². The molecule has 0 spiro atoms. The summed E-state index contributed by atoms with van der Waals surface area (Å²) >= 11 is 0. The molecule has 0 aromatic rings. The highest BCUT2D eigenvalue weighted by molar-refractivity contribution is 4.78. The third kappa shape index (κ3) is 2.03. The third-order valence-corrected chi connectivity index (χ3v) is 1.84. The van der Waals surface area contributed by atoms with Gasteiger partial charge < -0.3 is 9.47 Å². The Morgan fingerprint density at radius 3 is 3.00 bits per heavy atom. The number of hydrogen-bond donors (Lipinski definition) is 0. The van der Waals surface area contributed by atoms with Crippen molar-refractivity contribution in [2.24, 2.45) is 5.92 Å². The molecule has 1 fully saturated rings. The van der Waals surface area contributed by atoms with Crippen LogP contribution in [0, 0.1) is 5.92 Å². The van der Waals surface area contributed by atoms with E-state index in [4.69, 9.17) is 9.47 Å². The Morgan fingerprint density at radius 2 is 2.60 bits per heavy atom. The highest BCUT2D eigenvalue weighted by Gasteiger charge is 2.31. The zero-order valence-corrected chi connectivity index (χ0v) is 6.38. The Hall–Kier alpha value is -0.500. The molecule has 0 aromatic carbocycles. The van der Waals surface area contributed by atoms with Crippen LogP contribution in [-0.2, 0) is 9.47 Å². The van der Waals surface area contributed by atoms with Crippen molar-refractivity contribution in [3.05, 3.63) is 12.8 Å². The van der Waals surface area contributed by atoms with Crippen LogP contribution in [0.3, 0.4) is 0 Å². The van der Waals surface area contributed by atoms with Crippen molar-refractivity contribution >= 4 is 0 Å². The number of ether oxygens (including phenoxy) is 2. The molecule has 0 N–H and O–H groups in total. The molecule has 0 amide bonds. The zero-order chi connectivity index (χ0) is 7.40. The summed E-state index contributed by atoms with van der Waals surface area (Å²) in [6.45, 7) is 7.31. The fraction of sp³-hybridized carbons (Fsp3) is 0.750. The van der Waals surface area contributed by atoms with E-state index in [0.29, 0.717) is 12.0 Å². The normalized spacial score (nSPS) is 25.5. The van der Waals surface area contributed by atoms with E-state index in [-0.39, 0.29) is 0 Å². The first kappa shape index (κ1) is 7.61. The van der Waals surface area contributed by atoms with Gasteiger partial charge in [0.1, 0.15) is 0 Å². The van der Waals surface area contributed by atoms with Gasteiger partial charge in [-0.3, -0.25) is 0 Å². The molecule has 2 unspecified atom stereocenters. The van der Waals surface area contributed by atoms with E-state index >= 15 is 0 Å². The molecule has 0 saturated carbocycles. The minimum absolute atomic E-state index is 0.463. The van der Waals surface area contributed by atoms with E-state index in [0.717, 1.165) is 19.6 Å². The molecule has 1 aliphatic rings. The summed E-state index contributed by atoms with van der Waals surface area (Å²) in [5, 5.41) is 0. The average molecular weight is 142 g/mol. The van der Waals surface area contributed by atoms with E-state index in [9.17, 15) is 0 Å². The first-order chi connectivity index (χ1) is 4.88. The molecular formula is C8H14O2. The third-order valence-electron chi connectivity index (χ3n) is 1.84. The highest BCUT2D eigenvalue weighted by Crippen LogP contribution is 2.22. The van der Waals surface area contributed by atoms with Crippen LogP contribution in [-0.4, -0.2) is 19.3 Å². The Bertz CT molecular complexity index is 108. The minimum Gasteiger partial charge on any atom is -0.501 e. The molecular weight excluding hydrogens is 128 g/mol. The molecule has 0 aliphatic carbocycles. The summed E-state index contributed by atoms with van der Waals surface area (Å²) in [5.41, 5.74) is 0. The van der Waals surface area contributed by atoms with Gasteiger partial charge in [0.25, 0.3) is 0 Å². The lowest BCUT2D eigenvalue weighted by Gasteiger charge is -2.09. The Morgan fingerprint density at radius 1 is 1.90 bits per heavy atom. The maximum atomic E-state index is 5.14. The van der Waals surface area contributed by atoms with E-state index in [1.54, 1.807) is 0 Å². The lowest BCUT2D eigenvalue weighted by atomic mass is 10.1.